The molecule has 4 aromatic carbocycles. The highest BCUT2D eigenvalue weighted by molar-refractivity contribution is 9.10. The molecule has 2 N–H and O–H groups in total. The number of fused-ring (bicyclic) bond motifs is 2. The molecule has 1 amide bonds. The number of hydrogen-bond acceptors (Lipinski definition) is 5. The number of nitrogens with zero attached hydrogens (tertiary/aromatic N) is 1. The first-order chi connectivity index (χ1) is 17.0. The number of halogens is 1. The third kappa shape index (κ3) is 4.76. The molecule has 0 spiro atoms. The summed E-state index contributed by atoms with van der Waals surface area (Å²) in [6.45, 7) is 0.450. The number of thiocarbonyl (C=S) groups is 1. The van der Waals surface area contributed by atoms with Crippen molar-refractivity contribution in [2.24, 2.45) is 0 Å². The molecule has 8 heteroatoms. The monoisotopic (exact) mass is 545 g/mol. The standard InChI is InChI=1S/C27H20BrN3O3S/c1-33-24-20(14-18-6-2-3-7-19(18)23(24)28)25(32)31-27(35)29-15-16-10-12-17(13-11-16)26-30-21-8-4-5-9-22(21)34-26/h2-14H,15H2,1H3,(H2,29,31,32,35). The van der Waals surface area contributed by atoms with E-state index in [0.717, 1.165) is 37.5 Å². The van der Waals surface area contributed by atoms with Crippen LogP contribution in [0.4, 0.5) is 0 Å². The summed E-state index contributed by atoms with van der Waals surface area (Å²) < 4.78 is 12.0. The minimum atomic E-state index is -0.350. The van der Waals surface area contributed by atoms with Gasteiger partial charge in [-0.25, -0.2) is 4.98 Å². The van der Waals surface area contributed by atoms with Crippen LogP contribution in [0.5, 0.6) is 5.75 Å². The van der Waals surface area contributed by atoms with Gasteiger partial charge in [0.1, 0.15) is 11.3 Å². The average molecular weight is 546 g/mol. The van der Waals surface area contributed by atoms with Crippen LogP contribution in [0.15, 0.2) is 87.8 Å². The minimum Gasteiger partial charge on any atom is -0.495 e. The highest BCUT2D eigenvalue weighted by atomic mass is 79.9. The van der Waals surface area contributed by atoms with Crippen LogP contribution in [0.2, 0.25) is 0 Å². The van der Waals surface area contributed by atoms with Crippen LogP contribution in [0.1, 0.15) is 15.9 Å². The number of ether oxygens (including phenoxy) is 1. The number of aromatic nitrogens is 1. The van der Waals surface area contributed by atoms with Crippen LogP contribution in [-0.4, -0.2) is 23.1 Å². The Bertz CT molecular complexity index is 1530. The Balaban J connectivity index is 1.24. The summed E-state index contributed by atoms with van der Waals surface area (Å²) >= 11 is 8.91. The quantitative estimate of drug-likeness (QED) is 0.255. The van der Waals surface area contributed by atoms with E-state index in [4.69, 9.17) is 21.4 Å². The van der Waals surface area contributed by atoms with E-state index < -0.39 is 0 Å². The number of carbonyl (C=O) groups is 1. The number of amides is 1. The lowest BCUT2D eigenvalue weighted by Gasteiger charge is -2.14. The zero-order valence-corrected chi connectivity index (χ0v) is 21.1. The number of carbonyl (C=O) groups excluding carboxylic acids is 1. The molecule has 1 aromatic heterocycles. The lowest BCUT2D eigenvalue weighted by Crippen LogP contribution is -2.39. The van der Waals surface area contributed by atoms with Crippen LogP contribution in [-0.2, 0) is 6.54 Å². The molecule has 0 bridgehead atoms. The van der Waals surface area contributed by atoms with E-state index in [1.54, 1.807) is 6.07 Å². The molecule has 0 saturated carbocycles. The van der Waals surface area contributed by atoms with Crippen LogP contribution in [0.25, 0.3) is 33.3 Å². The molecule has 5 rings (SSSR count). The molecule has 0 radical (unpaired) electrons. The highest BCUT2D eigenvalue weighted by Gasteiger charge is 2.19. The Hall–Kier alpha value is -3.75. The molecule has 0 fully saturated rings. The van der Waals surface area contributed by atoms with Crippen molar-refractivity contribution < 1.29 is 13.9 Å². The fourth-order valence-corrected chi connectivity index (χ4v) is 4.71. The molecule has 0 unspecified atom stereocenters. The summed E-state index contributed by atoms with van der Waals surface area (Å²) in [6.07, 6.45) is 0. The fourth-order valence-electron chi connectivity index (χ4n) is 3.81. The van der Waals surface area contributed by atoms with E-state index >= 15 is 0 Å². The number of rotatable bonds is 5. The van der Waals surface area contributed by atoms with E-state index in [2.05, 4.69) is 31.5 Å². The van der Waals surface area contributed by atoms with Crippen molar-refractivity contribution >= 4 is 61.0 Å². The third-order valence-electron chi connectivity index (χ3n) is 5.56. The number of benzene rings is 4. The Morgan fingerprint density at radius 1 is 1.06 bits per heavy atom. The second kappa shape index (κ2) is 9.85. The van der Waals surface area contributed by atoms with Crippen molar-refractivity contribution in [2.45, 2.75) is 6.54 Å². The Labute approximate surface area is 215 Å². The predicted molar refractivity (Wildman–Crippen MR) is 145 cm³/mol. The number of hydrogen-bond donors (Lipinski definition) is 2. The molecule has 0 saturated heterocycles. The maximum atomic E-state index is 13.0. The summed E-state index contributed by atoms with van der Waals surface area (Å²) in [5.41, 5.74) is 3.85. The predicted octanol–water partition coefficient (Wildman–Crippen LogP) is 6.22. The van der Waals surface area contributed by atoms with Crippen LogP contribution >= 0.6 is 28.1 Å². The van der Waals surface area contributed by atoms with Crippen molar-refractivity contribution in [2.75, 3.05) is 7.11 Å². The van der Waals surface area contributed by atoms with Crippen LogP contribution in [0, 0.1) is 0 Å². The second-order valence-electron chi connectivity index (χ2n) is 7.81. The molecule has 174 valence electrons. The van der Waals surface area contributed by atoms with Gasteiger partial charge in [-0.1, -0.05) is 48.5 Å². The largest absolute Gasteiger partial charge is 0.495 e. The van der Waals surface area contributed by atoms with Gasteiger partial charge in [0.15, 0.2) is 10.7 Å². The average Bonchev–Trinajstić information content (AvgIpc) is 3.32. The van der Waals surface area contributed by atoms with Crippen molar-refractivity contribution in [3.05, 3.63) is 94.5 Å². The van der Waals surface area contributed by atoms with Crippen molar-refractivity contribution in [1.29, 1.82) is 0 Å². The normalized spacial score (nSPS) is 10.9. The molecule has 0 atom stereocenters. The number of nitrogens with one attached hydrogen (secondary N) is 2. The molecular weight excluding hydrogens is 526 g/mol. The minimum absolute atomic E-state index is 0.226. The van der Waals surface area contributed by atoms with E-state index in [1.165, 1.54) is 7.11 Å². The fraction of sp³-hybridized carbons (Fsp3) is 0.0741. The van der Waals surface area contributed by atoms with Gasteiger partial charge >= 0.3 is 0 Å². The van der Waals surface area contributed by atoms with Gasteiger partial charge in [0.2, 0.25) is 5.89 Å². The molecule has 35 heavy (non-hydrogen) atoms. The van der Waals surface area contributed by atoms with E-state index in [1.807, 2.05) is 72.8 Å². The Kier molecular flexibility index (Phi) is 6.48. The topological polar surface area (TPSA) is 76.4 Å². The lowest BCUT2D eigenvalue weighted by molar-refractivity contribution is 0.0973. The zero-order chi connectivity index (χ0) is 24.4. The van der Waals surface area contributed by atoms with Crippen LogP contribution < -0.4 is 15.4 Å². The van der Waals surface area contributed by atoms with Crippen molar-refractivity contribution in [3.8, 4) is 17.2 Å². The summed E-state index contributed by atoms with van der Waals surface area (Å²) in [4.78, 5) is 17.5. The molecule has 5 aromatic rings. The highest BCUT2D eigenvalue weighted by Crippen LogP contribution is 2.36. The van der Waals surface area contributed by atoms with E-state index in [0.29, 0.717) is 23.7 Å². The lowest BCUT2D eigenvalue weighted by atomic mass is 10.1. The maximum absolute atomic E-state index is 13.0. The van der Waals surface area contributed by atoms with Crippen molar-refractivity contribution in [3.63, 3.8) is 0 Å². The van der Waals surface area contributed by atoms with E-state index in [9.17, 15) is 4.79 Å². The summed E-state index contributed by atoms with van der Waals surface area (Å²) in [6, 6.07) is 25.0. The van der Waals surface area contributed by atoms with Gasteiger partial charge in [-0.3, -0.25) is 10.1 Å². The van der Waals surface area contributed by atoms with Gasteiger partial charge in [-0.2, -0.15) is 0 Å². The van der Waals surface area contributed by atoms with Gasteiger partial charge in [0, 0.05) is 12.1 Å². The summed E-state index contributed by atoms with van der Waals surface area (Å²) in [5.74, 6) is 0.680. The van der Waals surface area contributed by atoms with Gasteiger partial charge in [0.05, 0.1) is 17.1 Å². The van der Waals surface area contributed by atoms with Crippen molar-refractivity contribution in [1.82, 2.24) is 15.6 Å². The molecular formula is C27H20BrN3O3S. The Morgan fingerprint density at radius 2 is 1.80 bits per heavy atom. The van der Waals surface area contributed by atoms with Gasteiger partial charge in [0.25, 0.3) is 5.91 Å². The first-order valence-corrected chi connectivity index (χ1v) is 12.0. The zero-order valence-electron chi connectivity index (χ0n) is 18.7. The number of methoxy groups -OCH3 is 1. The maximum Gasteiger partial charge on any atom is 0.261 e. The second-order valence-corrected chi connectivity index (χ2v) is 9.01. The molecule has 6 nitrogen and oxygen atoms in total. The molecule has 1 heterocycles. The molecule has 0 aliphatic heterocycles. The number of oxazole rings is 1. The van der Waals surface area contributed by atoms with Gasteiger partial charge < -0.3 is 14.5 Å². The summed E-state index contributed by atoms with van der Waals surface area (Å²) in [7, 11) is 1.53. The SMILES string of the molecule is COc1c(C(=O)NC(=S)NCc2ccc(-c3nc4ccccc4o3)cc2)cc2ccccc2c1Br. The first kappa shape index (κ1) is 23.0. The third-order valence-corrected chi connectivity index (χ3v) is 6.60. The summed E-state index contributed by atoms with van der Waals surface area (Å²) in [5, 5.41) is 7.93. The van der Waals surface area contributed by atoms with E-state index in [-0.39, 0.29) is 11.0 Å². The number of para-hydroxylation sites is 2. The van der Waals surface area contributed by atoms with Gasteiger partial charge in [-0.15, -0.1) is 0 Å². The smallest absolute Gasteiger partial charge is 0.261 e. The molecule has 0 aliphatic rings. The van der Waals surface area contributed by atoms with Crippen LogP contribution in [0.3, 0.4) is 0 Å². The first-order valence-electron chi connectivity index (χ1n) is 10.8. The molecule has 0 aliphatic carbocycles. The Morgan fingerprint density at radius 3 is 2.57 bits per heavy atom. The van der Waals surface area contributed by atoms with Gasteiger partial charge in [-0.05, 0) is 74.8 Å².